The number of allylic oxidation sites excluding steroid dienone is 1. The van der Waals surface area contributed by atoms with Gasteiger partial charge < -0.3 is 15.8 Å². The maximum Gasteiger partial charge on any atom is 0.248 e. The van der Waals surface area contributed by atoms with Gasteiger partial charge in [0, 0.05) is 5.70 Å². The summed E-state index contributed by atoms with van der Waals surface area (Å²) < 4.78 is 7.37. The van der Waals surface area contributed by atoms with Gasteiger partial charge in [-0.2, -0.15) is 4.68 Å². The second kappa shape index (κ2) is 6.91. The Labute approximate surface area is 155 Å². The van der Waals surface area contributed by atoms with E-state index in [4.69, 9.17) is 10.5 Å². The molecule has 2 aromatic carbocycles. The van der Waals surface area contributed by atoms with Gasteiger partial charge in [-0.15, -0.1) is 0 Å². The van der Waals surface area contributed by atoms with Crippen LogP contribution >= 0.6 is 0 Å². The van der Waals surface area contributed by atoms with E-state index in [0.717, 1.165) is 16.9 Å². The van der Waals surface area contributed by atoms with E-state index in [1.165, 1.54) is 0 Å². The highest BCUT2D eigenvalue weighted by atomic mass is 16.5. The first-order chi connectivity index (χ1) is 13.1. The smallest absolute Gasteiger partial charge is 0.248 e. The molecular formula is C19H18N6O2. The fourth-order valence-electron chi connectivity index (χ4n) is 3.13. The number of hydrogen-bond donors (Lipinski definition) is 2. The number of primary amides is 1. The first-order valence-electron chi connectivity index (χ1n) is 8.45. The van der Waals surface area contributed by atoms with E-state index in [1.54, 1.807) is 11.6 Å². The molecule has 0 saturated carbocycles. The molecule has 1 atom stereocenters. The number of carbonyl (C=O) groups is 1. The van der Waals surface area contributed by atoms with Crippen LogP contribution in [0.4, 0.5) is 5.95 Å². The predicted octanol–water partition coefficient (Wildman–Crippen LogP) is 2.03. The number of tetrazole rings is 1. The number of carbonyl (C=O) groups excluding carboxylic acids is 1. The Kier molecular flexibility index (Phi) is 4.29. The maximum atomic E-state index is 12.0. The maximum absolute atomic E-state index is 12.0. The number of benzene rings is 2. The van der Waals surface area contributed by atoms with E-state index in [-0.39, 0.29) is 0 Å². The van der Waals surface area contributed by atoms with Gasteiger partial charge in [-0.3, -0.25) is 4.79 Å². The summed E-state index contributed by atoms with van der Waals surface area (Å²) in [6.45, 7) is 2.26. The summed E-state index contributed by atoms with van der Waals surface area (Å²) in [6.07, 6.45) is 0. The molecular weight excluding hydrogens is 344 g/mol. The fourth-order valence-corrected chi connectivity index (χ4v) is 3.13. The third-order valence-electron chi connectivity index (χ3n) is 4.42. The summed E-state index contributed by atoms with van der Waals surface area (Å²) in [5.74, 6) is 0.678. The molecule has 0 spiro atoms. The van der Waals surface area contributed by atoms with E-state index in [2.05, 4.69) is 20.8 Å². The molecule has 0 bridgehead atoms. The lowest BCUT2D eigenvalue weighted by molar-refractivity contribution is -0.115. The first-order valence-corrected chi connectivity index (χ1v) is 8.45. The molecule has 1 amide bonds. The van der Waals surface area contributed by atoms with Crippen molar-refractivity contribution >= 4 is 11.9 Å². The largest absolute Gasteiger partial charge is 0.489 e. The molecule has 3 N–H and O–H groups in total. The minimum atomic E-state index is -0.518. The third kappa shape index (κ3) is 3.24. The number of ether oxygens (including phenoxy) is 1. The lowest BCUT2D eigenvalue weighted by Gasteiger charge is -2.26. The molecule has 1 aliphatic heterocycles. The van der Waals surface area contributed by atoms with Crippen LogP contribution in [0.5, 0.6) is 5.75 Å². The topological polar surface area (TPSA) is 108 Å². The van der Waals surface area contributed by atoms with Crippen molar-refractivity contribution in [3.05, 3.63) is 77.0 Å². The monoisotopic (exact) mass is 362 g/mol. The number of amides is 1. The highest BCUT2D eigenvalue weighted by molar-refractivity contribution is 5.95. The molecule has 136 valence electrons. The van der Waals surface area contributed by atoms with Gasteiger partial charge in [-0.1, -0.05) is 47.6 Å². The summed E-state index contributed by atoms with van der Waals surface area (Å²) in [5.41, 5.74) is 8.60. The Hall–Kier alpha value is -3.68. The van der Waals surface area contributed by atoms with Crippen LogP contribution in [0.1, 0.15) is 24.1 Å². The van der Waals surface area contributed by atoms with Crippen LogP contribution in [0.3, 0.4) is 0 Å². The Morgan fingerprint density at radius 2 is 1.93 bits per heavy atom. The molecule has 0 aliphatic carbocycles. The van der Waals surface area contributed by atoms with Gasteiger partial charge in [-0.25, -0.2) is 0 Å². The molecule has 4 rings (SSSR count). The van der Waals surface area contributed by atoms with Gasteiger partial charge >= 0.3 is 0 Å². The van der Waals surface area contributed by atoms with E-state index < -0.39 is 11.9 Å². The number of nitrogens with one attached hydrogen (secondary N) is 1. The van der Waals surface area contributed by atoms with Crippen LogP contribution in [0.2, 0.25) is 0 Å². The van der Waals surface area contributed by atoms with Crippen LogP contribution in [-0.2, 0) is 11.4 Å². The number of hydrogen-bond acceptors (Lipinski definition) is 6. The average Bonchev–Trinajstić information content (AvgIpc) is 3.14. The fraction of sp³-hybridized carbons (Fsp3) is 0.158. The Morgan fingerprint density at radius 1 is 1.19 bits per heavy atom. The molecule has 0 unspecified atom stereocenters. The SMILES string of the molecule is CC1=C(C(N)=O)[C@@H](c2ccc(OCc3ccccc3)cc2)n2nnnc2N1. The second-order valence-corrected chi connectivity index (χ2v) is 6.22. The van der Waals surface area contributed by atoms with Crippen LogP contribution in [0, 0.1) is 0 Å². The zero-order chi connectivity index (χ0) is 18.8. The molecule has 2 heterocycles. The Morgan fingerprint density at radius 3 is 2.63 bits per heavy atom. The molecule has 0 saturated heterocycles. The second-order valence-electron chi connectivity index (χ2n) is 6.22. The van der Waals surface area contributed by atoms with Crippen molar-refractivity contribution in [2.24, 2.45) is 5.73 Å². The summed E-state index contributed by atoms with van der Waals surface area (Å²) in [6, 6.07) is 16.9. The zero-order valence-electron chi connectivity index (χ0n) is 14.7. The highest BCUT2D eigenvalue weighted by Crippen LogP contribution is 2.34. The summed E-state index contributed by atoms with van der Waals surface area (Å²) in [4.78, 5) is 12.0. The molecule has 1 aliphatic rings. The molecule has 8 nitrogen and oxygen atoms in total. The lowest BCUT2D eigenvalue weighted by atomic mass is 9.95. The molecule has 0 radical (unpaired) electrons. The van der Waals surface area contributed by atoms with Gasteiger partial charge in [0.25, 0.3) is 0 Å². The quantitative estimate of drug-likeness (QED) is 0.719. The van der Waals surface area contributed by atoms with E-state index in [0.29, 0.717) is 23.8 Å². The van der Waals surface area contributed by atoms with Crippen LogP contribution in [0.15, 0.2) is 65.9 Å². The first kappa shape index (κ1) is 16.8. The number of nitrogens with two attached hydrogens (primary N) is 1. The Bertz CT molecular complexity index is 995. The molecule has 0 fully saturated rings. The van der Waals surface area contributed by atoms with Crippen molar-refractivity contribution in [1.82, 2.24) is 20.2 Å². The van der Waals surface area contributed by atoms with Crippen molar-refractivity contribution in [2.75, 3.05) is 5.32 Å². The molecule has 27 heavy (non-hydrogen) atoms. The summed E-state index contributed by atoms with van der Waals surface area (Å²) in [5, 5.41) is 14.6. The normalized spacial score (nSPS) is 15.8. The average molecular weight is 362 g/mol. The molecule has 8 heteroatoms. The summed E-state index contributed by atoms with van der Waals surface area (Å²) in [7, 11) is 0. The van der Waals surface area contributed by atoms with Crippen LogP contribution in [-0.4, -0.2) is 26.1 Å². The zero-order valence-corrected chi connectivity index (χ0v) is 14.7. The van der Waals surface area contributed by atoms with E-state index in [1.807, 2.05) is 54.6 Å². The predicted molar refractivity (Wildman–Crippen MR) is 98.7 cm³/mol. The molecule has 1 aromatic heterocycles. The van der Waals surface area contributed by atoms with Crippen molar-refractivity contribution in [3.63, 3.8) is 0 Å². The molecule has 3 aromatic rings. The minimum absolute atomic E-state index is 0.424. The summed E-state index contributed by atoms with van der Waals surface area (Å²) >= 11 is 0. The highest BCUT2D eigenvalue weighted by Gasteiger charge is 2.32. The number of aromatic nitrogens is 4. The lowest BCUT2D eigenvalue weighted by Crippen LogP contribution is -2.31. The number of anilines is 1. The van der Waals surface area contributed by atoms with E-state index in [9.17, 15) is 4.79 Å². The standard InChI is InChI=1S/C19H18N6O2/c1-12-16(18(20)26)17(25-19(21-12)22-23-24-25)14-7-9-15(10-8-14)27-11-13-5-3-2-4-6-13/h2-10,17H,11H2,1H3,(H2,20,26)(H,21,22,24)/t17-/m1/s1. The van der Waals surface area contributed by atoms with Crippen molar-refractivity contribution in [2.45, 2.75) is 19.6 Å². The van der Waals surface area contributed by atoms with Crippen LogP contribution < -0.4 is 15.8 Å². The van der Waals surface area contributed by atoms with E-state index >= 15 is 0 Å². The number of fused-ring (bicyclic) bond motifs is 1. The van der Waals surface area contributed by atoms with Gasteiger partial charge in [0.2, 0.25) is 11.9 Å². The minimum Gasteiger partial charge on any atom is -0.489 e. The van der Waals surface area contributed by atoms with Crippen molar-refractivity contribution < 1.29 is 9.53 Å². The Balaban J connectivity index is 1.60. The van der Waals surface area contributed by atoms with Gasteiger partial charge in [-0.05, 0) is 40.6 Å². The van der Waals surface area contributed by atoms with Crippen LogP contribution in [0.25, 0.3) is 0 Å². The van der Waals surface area contributed by atoms with Crippen molar-refractivity contribution in [3.8, 4) is 5.75 Å². The third-order valence-corrected chi connectivity index (χ3v) is 4.42. The van der Waals surface area contributed by atoms with Gasteiger partial charge in [0.15, 0.2) is 0 Å². The van der Waals surface area contributed by atoms with Crippen molar-refractivity contribution in [1.29, 1.82) is 0 Å². The number of nitrogens with zero attached hydrogens (tertiary/aromatic N) is 4. The van der Waals surface area contributed by atoms with Gasteiger partial charge in [0.1, 0.15) is 18.4 Å². The van der Waals surface area contributed by atoms with Gasteiger partial charge in [0.05, 0.1) is 5.57 Å². The number of rotatable bonds is 5.